The van der Waals surface area contributed by atoms with Gasteiger partial charge in [-0.25, -0.2) is 9.97 Å². The van der Waals surface area contributed by atoms with Crippen LogP contribution in [-0.2, 0) is 6.42 Å². The molecule has 160 valence electrons. The molecule has 0 bridgehead atoms. The number of nitrogens with one attached hydrogen (secondary N) is 1. The average Bonchev–Trinajstić information content (AvgIpc) is 3.21. The van der Waals surface area contributed by atoms with Gasteiger partial charge >= 0.3 is 0 Å². The van der Waals surface area contributed by atoms with Gasteiger partial charge in [0.05, 0.1) is 42.3 Å². The van der Waals surface area contributed by atoms with Gasteiger partial charge < -0.3 is 14.8 Å². The highest BCUT2D eigenvalue weighted by molar-refractivity contribution is 6.41. The van der Waals surface area contributed by atoms with Crippen LogP contribution in [-0.4, -0.2) is 36.8 Å². The summed E-state index contributed by atoms with van der Waals surface area (Å²) >= 11 is 13.1. The Morgan fingerprint density at radius 1 is 1.16 bits per heavy atom. The molecule has 2 aromatic carbocycles. The van der Waals surface area contributed by atoms with Crippen molar-refractivity contribution in [2.24, 2.45) is 5.92 Å². The van der Waals surface area contributed by atoms with E-state index in [0.717, 1.165) is 41.7 Å². The van der Waals surface area contributed by atoms with Crippen molar-refractivity contribution in [1.82, 2.24) is 15.3 Å². The van der Waals surface area contributed by atoms with E-state index in [1.54, 1.807) is 20.3 Å². The number of hydrogen-bond donors (Lipinski definition) is 1. The summed E-state index contributed by atoms with van der Waals surface area (Å²) in [7, 11) is 3.10. The fraction of sp³-hybridized carbons (Fsp3) is 0.348. The van der Waals surface area contributed by atoms with E-state index < -0.39 is 0 Å². The molecule has 0 saturated carbocycles. The summed E-state index contributed by atoms with van der Waals surface area (Å²) < 4.78 is 10.8. The van der Waals surface area contributed by atoms with Crippen LogP contribution in [0.1, 0.15) is 18.7 Å². The van der Waals surface area contributed by atoms with Gasteiger partial charge in [0.25, 0.3) is 0 Å². The first-order chi connectivity index (χ1) is 15.0. The van der Waals surface area contributed by atoms with Crippen LogP contribution >= 0.6 is 23.2 Å². The first kappa shape index (κ1) is 21.6. The van der Waals surface area contributed by atoms with Gasteiger partial charge in [-0.1, -0.05) is 29.3 Å². The first-order valence-corrected chi connectivity index (χ1v) is 10.8. The Labute approximate surface area is 191 Å². The minimum atomic E-state index is 0.271. The minimum Gasteiger partial charge on any atom is -0.495 e. The highest BCUT2D eigenvalue weighted by Crippen LogP contribution is 2.46. The smallest absolute Gasteiger partial charge is 0.141 e. The van der Waals surface area contributed by atoms with E-state index in [1.165, 1.54) is 0 Å². The van der Waals surface area contributed by atoms with Crippen LogP contribution in [0.4, 0.5) is 0 Å². The number of nitriles is 1. The Morgan fingerprint density at radius 2 is 1.90 bits per heavy atom. The molecule has 1 N–H and O–H groups in total. The molecular weight excluding hydrogens is 435 g/mol. The second-order valence-electron chi connectivity index (χ2n) is 7.62. The van der Waals surface area contributed by atoms with Gasteiger partial charge in [0.2, 0.25) is 0 Å². The van der Waals surface area contributed by atoms with E-state index in [9.17, 15) is 0 Å². The van der Waals surface area contributed by atoms with Crippen molar-refractivity contribution < 1.29 is 9.47 Å². The molecule has 1 aromatic heterocycles. The molecule has 1 saturated heterocycles. The number of methoxy groups -OCH3 is 2. The minimum absolute atomic E-state index is 0.271. The normalized spacial score (nSPS) is 18.2. The van der Waals surface area contributed by atoms with Gasteiger partial charge in [-0.2, -0.15) is 5.26 Å². The lowest BCUT2D eigenvalue weighted by Gasteiger charge is -2.15. The predicted molar refractivity (Wildman–Crippen MR) is 122 cm³/mol. The lowest BCUT2D eigenvalue weighted by Crippen LogP contribution is -2.20. The number of ether oxygens (including phenoxy) is 2. The van der Waals surface area contributed by atoms with Crippen LogP contribution < -0.4 is 14.8 Å². The van der Waals surface area contributed by atoms with E-state index in [-0.39, 0.29) is 6.04 Å². The Balaban J connectivity index is 1.63. The fourth-order valence-electron chi connectivity index (χ4n) is 4.05. The maximum absolute atomic E-state index is 8.87. The topological polar surface area (TPSA) is 80.1 Å². The highest BCUT2D eigenvalue weighted by atomic mass is 35.5. The molecule has 1 aliphatic heterocycles. The number of nitrogens with zero attached hydrogens (tertiary/aromatic N) is 3. The van der Waals surface area contributed by atoms with Crippen molar-refractivity contribution >= 4 is 34.1 Å². The molecule has 2 atom stereocenters. The Morgan fingerprint density at radius 3 is 2.58 bits per heavy atom. The van der Waals surface area contributed by atoms with Crippen LogP contribution in [0.25, 0.3) is 22.0 Å². The zero-order chi connectivity index (χ0) is 22.0. The molecule has 0 amide bonds. The summed E-state index contributed by atoms with van der Waals surface area (Å²) in [6.45, 7) is 0.890. The fourth-order valence-corrected chi connectivity index (χ4v) is 4.77. The molecule has 1 aliphatic rings. The van der Waals surface area contributed by atoms with Crippen LogP contribution in [0, 0.1) is 17.2 Å². The van der Waals surface area contributed by atoms with Gasteiger partial charge in [-0.3, -0.25) is 0 Å². The summed E-state index contributed by atoms with van der Waals surface area (Å²) in [5.74, 6) is 2.23. The summed E-state index contributed by atoms with van der Waals surface area (Å²) in [5, 5.41) is 14.0. The van der Waals surface area contributed by atoms with Crippen molar-refractivity contribution in [3.8, 4) is 28.7 Å². The van der Waals surface area contributed by atoms with Gasteiger partial charge in [-0.15, -0.1) is 0 Å². The number of halogens is 2. The largest absolute Gasteiger partial charge is 0.495 e. The summed E-state index contributed by atoms with van der Waals surface area (Å²) in [5.41, 5.74) is 2.33. The van der Waals surface area contributed by atoms with Gasteiger partial charge in [0.15, 0.2) is 0 Å². The van der Waals surface area contributed by atoms with E-state index >= 15 is 0 Å². The molecule has 4 rings (SSSR count). The highest BCUT2D eigenvalue weighted by Gasteiger charge is 2.25. The van der Waals surface area contributed by atoms with E-state index in [1.807, 2.05) is 24.4 Å². The number of rotatable bonds is 6. The molecule has 0 aliphatic carbocycles. The molecule has 2 heterocycles. The summed E-state index contributed by atoms with van der Waals surface area (Å²) in [4.78, 5) is 9.31. The molecule has 0 unspecified atom stereocenters. The molecule has 8 heteroatoms. The van der Waals surface area contributed by atoms with E-state index in [0.29, 0.717) is 39.4 Å². The number of benzene rings is 2. The molecule has 0 radical (unpaired) electrons. The van der Waals surface area contributed by atoms with Crippen molar-refractivity contribution in [2.45, 2.75) is 25.3 Å². The molecule has 3 aromatic rings. The Bertz CT molecular complexity index is 1130. The van der Waals surface area contributed by atoms with Crippen molar-refractivity contribution in [2.75, 3.05) is 20.8 Å². The third-order valence-corrected chi connectivity index (χ3v) is 6.36. The number of fused-ring (bicyclic) bond motifs is 1. The lowest BCUT2D eigenvalue weighted by molar-refractivity contribution is 0.395. The SMILES string of the molecule is COc1cc(OC)c(Cl)c(-c2ccc3nc(C[C@@H]4CN[C@H](CC#N)C4)ncc3c2)c1Cl. The standard InChI is InChI=1S/C23H22Cl2N4O2/c1-30-18-10-19(31-2)23(25)21(22(18)24)14-3-4-17-15(9-14)12-28-20(29-17)8-13-7-16(5-6-26)27-11-13/h3-4,9-10,12-13,16,27H,5,7-8,11H2,1-2H3/t13-,16-/m1/s1. The zero-order valence-electron chi connectivity index (χ0n) is 17.3. The number of hydrogen-bond acceptors (Lipinski definition) is 6. The Hall–Kier alpha value is -2.59. The first-order valence-electron chi connectivity index (χ1n) is 10.00. The van der Waals surface area contributed by atoms with Crippen LogP contribution in [0.5, 0.6) is 11.5 Å². The molecule has 1 fully saturated rings. The van der Waals surface area contributed by atoms with E-state index in [2.05, 4.69) is 16.4 Å². The lowest BCUT2D eigenvalue weighted by atomic mass is 10.00. The molecule has 31 heavy (non-hydrogen) atoms. The van der Waals surface area contributed by atoms with E-state index in [4.69, 9.17) is 42.9 Å². The van der Waals surface area contributed by atoms with Crippen molar-refractivity contribution in [3.05, 3.63) is 46.3 Å². The maximum Gasteiger partial charge on any atom is 0.141 e. The average molecular weight is 457 g/mol. The third-order valence-electron chi connectivity index (χ3n) is 5.61. The summed E-state index contributed by atoms with van der Waals surface area (Å²) in [6, 6.07) is 10.0. The van der Waals surface area contributed by atoms with Crippen LogP contribution in [0.3, 0.4) is 0 Å². The molecule has 6 nitrogen and oxygen atoms in total. The third kappa shape index (κ3) is 4.40. The van der Waals surface area contributed by atoms with Crippen LogP contribution in [0.15, 0.2) is 30.5 Å². The number of aromatic nitrogens is 2. The van der Waals surface area contributed by atoms with Crippen molar-refractivity contribution in [3.63, 3.8) is 0 Å². The molecular formula is C23H22Cl2N4O2. The monoisotopic (exact) mass is 456 g/mol. The second-order valence-corrected chi connectivity index (χ2v) is 8.37. The van der Waals surface area contributed by atoms with Gasteiger partial charge in [-0.05, 0) is 36.6 Å². The Kier molecular flexibility index (Phi) is 6.47. The predicted octanol–water partition coefficient (Wildman–Crippen LogP) is 5.06. The van der Waals surface area contributed by atoms with Crippen molar-refractivity contribution in [1.29, 1.82) is 5.26 Å². The molecule has 0 spiro atoms. The quantitative estimate of drug-likeness (QED) is 0.558. The van der Waals surface area contributed by atoms with Gasteiger partial charge in [0, 0.05) is 35.7 Å². The van der Waals surface area contributed by atoms with Crippen LogP contribution in [0.2, 0.25) is 10.0 Å². The summed E-state index contributed by atoms with van der Waals surface area (Å²) in [6.07, 6.45) is 4.13. The second kappa shape index (κ2) is 9.27. The maximum atomic E-state index is 8.87. The van der Waals surface area contributed by atoms with Gasteiger partial charge in [0.1, 0.15) is 17.3 Å². The zero-order valence-corrected chi connectivity index (χ0v) is 18.8.